The maximum absolute atomic E-state index is 12.4. The van der Waals surface area contributed by atoms with Gasteiger partial charge in [-0.2, -0.15) is 0 Å². The van der Waals surface area contributed by atoms with Gasteiger partial charge in [0.2, 0.25) is 0 Å². The first-order valence-electron chi connectivity index (χ1n) is 6.68. The Bertz CT molecular complexity index is 392. The predicted octanol–water partition coefficient (Wildman–Crippen LogP) is 3.79. The Morgan fingerprint density at radius 2 is 2.06 bits per heavy atom. The van der Waals surface area contributed by atoms with Crippen molar-refractivity contribution in [3.8, 4) is 0 Å². The molecule has 1 aliphatic rings. The molecule has 1 fully saturated rings. The van der Waals surface area contributed by atoms with Crippen molar-refractivity contribution in [2.45, 2.75) is 46.0 Å². The van der Waals surface area contributed by atoms with Gasteiger partial charge in [0.1, 0.15) is 0 Å². The number of carbonyl (C=O) groups excluding carboxylic acids is 1. The molecule has 0 atom stereocenters. The third-order valence-electron chi connectivity index (χ3n) is 4.07. The van der Waals surface area contributed by atoms with E-state index in [2.05, 4.69) is 11.9 Å². The van der Waals surface area contributed by atoms with Gasteiger partial charge in [0.15, 0.2) is 5.78 Å². The number of hydrogen-bond acceptors (Lipinski definition) is 2. The van der Waals surface area contributed by atoms with Gasteiger partial charge in [-0.25, -0.2) is 0 Å². The zero-order valence-corrected chi connectivity index (χ0v) is 10.8. The van der Waals surface area contributed by atoms with Crippen molar-refractivity contribution < 1.29 is 4.79 Å². The van der Waals surface area contributed by atoms with Gasteiger partial charge in [-0.05, 0) is 50.7 Å². The summed E-state index contributed by atoms with van der Waals surface area (Å²) in [5.41, 5.74) is 1.70. The first kappa shape index (κ1) is 12.3. The van der Waals surface area contributed by atoms with Gasteiger partial charge >= 0.3 is 0 Å². The molecular formula is C15H21NO. The van der Waals surface area contributed by atoms with Crippen LogP contribution < -0.4 is 0 Å². The molecule has 17 heavy (non-hydrogen) atoms. The summed E-state index contributed by atoms with van der Waals surface area (Å²) in [6.07, 6.45) is 7.56. The highest BCUT2D eigenvalue weighted by Gasteiger charge is 2.26. The topological polar surface area (TPSA) is 30.0 Å². The minimum Gasteiger partial charge on any atom is -0.294 e. The van der Waals surface area contributed by atoms with E-state index in [1.165, 1.54) is 19.3 Å². The number of ketones is 1. The minimum absolute atomic E-state index is 0.237. The average molecular weight is 231 g/mol. The minimum atomic E-state index is 0.237. The number of pyridine rings is 1. The van der Waals surface area contributed by atoms with Crippen LogP contribution in [0.5, 0.6) is 0 Å². The molecule has 0 aliphatic heterocycles. The lowest BCUT2D eigenvalue weighted by Gasteiger charge is -2.27. The van der Waals surface area contributed by atoms with E-state index in [0.29, 0.717) is 5.78 Å². The van der Waals surface area contributed by atoms with Gasteiger partial charge < -0.3 is 0 Å². The maximum atomic E-state index is 12.4. The predicted molar refractivity (Wildman–Crippen MR) is 69.0 cm³/mol. The summed E-state index contributed by atoms with van der Waals surface area (Å²) in [4.78, 5) is 16.6. The molecule has 0 unspecified atom stereocenters. The Labute approximate surface area is 103 Å². The van der Waals surface area contributed by atoms with Crippen LogP contribution in [0.3, 0.4) is 0 Å². The standard InChI is InChI=1S/C15H21NO/c1-3-12-6-8-13(9-7-12)15(17)14-5-4-10-16-11(14)2/h4-5,10,12-13H,3,6-9H2,1-2H3. The van der Waals surface area contributed by atoms with Crippen LogP contribution in [0.1, 0.15) is 55.1 Å². The summed E-state index contributed by atoms with van der Waals surface area (Å²) >= 11 is 0. The summed E-state index contributed by atoms with van der Waals surface area (Å²) in [6.45, 7) is 4.17. The number of aromatic nitrogens is 1. The number of carbonyl (C=O) groups is 1. The van der Waals surface area contributed by atoms with Crippen molar-refractivity contribution in [1.82, 2.24) is 4.98 Å². The molecule has 92 valence electrons. The molecule has 0 N–H and O–H groups in total. The van der Waals surface area contributed by atoms with Gasteiger partial charge in [-0.1, -0.05) is 13.3 Å². The Morgan fingerprint density at radius 1 is 1.35 bits per heavy atom. The van der Waals surface area contributed by atoms with Crippen LogP contribution in [0, 0.1) is 18.8 Å². The molecule has 0 bridgehead atoms. The highest BCUT2D eigenvalue weighted by molar-refractivity contribution is 5.98. The van der Waals surface area contributed by atoms with Crippen LogP contribution in [0.15, 0.2) is 18.3 Å². The van der Waals surface area contributed by atoms with E-state index in [1.54, 1.807) is 6.20 Å². The fourth-order valence-corrected chi connectivity index (χ4v) is 2.80. The summed E-state index contributed by atoms with van der Waals surface area (Å²) in [5.74, 6) is 1.39. The van der Waals surface area contributed by atoms with Crippen molar-refractivity contribution in [2.24, 2.45) is 11.8 Å². The normalized spacial score (nSPS) is 24.6. The van der Waals surface area contributed by atoms with Crippen LogP contribution >= 0.6 is 0 Å². The SMILES string of the molecule is CCC1CCC(C(=O)c2cccnc2C)CC1. The van der Waals surface area contributed by atoms with Crippen molar-refractivity contribution in [2.75, 3.05) is 0 Å². The molecule has 0 radical (unpaired) electrons. The van der Waals surface area contributed by atoms with Crippen LogP contribution in [-0.4, -0.2) is 10.8 Å². The van der Waals surface area contributed by atoms with Crippen molar-refractivity contribution in [3.05, 3.63) is 29.6 Å². The third-order valence-corrected chi connectivity index (χ3v) is 4.07. The Morgan fingerprint density at radius 3 is 2.65 bits per heavy atom. The van der Waals surface area contributed by atoms with Crippen molar-refractivity contribution in [1.29, 1.82) is 0 Å². The van der Waals surface area contributed by atoms with Crippen molar-refractivity contribution >= 4 is 5.78 Å². The Balaban J connectivity index is 2.04. The largest absolute Gasteiger partial charge is 0.294 e. The number of rotatable bonds is 3. The van der Waals surface area contributed by atoms with Gasteiger partial charge in [0.25, 0.3) is 0 Å². The zero-order chi connectivity index (χ0) is 12.3. The van der Waals surface area contributed by atoms with E-state index in [9.17, 15) is 4.79 Å². The smallest absolute Gasteiger partial charge is 0.167 e. The van der Waals surface area contributed by atoms with Crippen LogP contribution in [0.25, 0.3) is 0 Å². The summed E-state index contributed by atoms with van der Waals surface area (Å²) in [5, 5.41) is 0. The molecule has 0 spiro atoms. The highest BCUT2D eigenvalue weighted by Crippen LogP contribution is 2.32. The van der Waals surface area contributed by atoms with E-state index in [4.69, 9.17) is 0 Å². The third kappa shape index (κ3) is 2.74. The van der Waals surface area contributed by atoms with Gasteiger partial charge in [0.05, 0.1) is 0 Å². The van der Waals surface area contributed by atoms with Crippen LogP contribution in [0.2, 0.25) is 0 Å². The number of aryl methyl sites for hydroxylation is 1. The van der Waals surface area contributed by atoms with E-state index in [-0.39, 0.29) is 5.92 Å². The molecule has 1 heterocycles. The number of nitrogens with zero attached hydrogens (tertiary/aromatic N) is 1. The van der Waals surface area contributed by atoms with Gasteiger partial charge in [0, 0.05) is 23.4 Å². The summed E-state index contributed by atoms with van der Waals surface area (Å²) < 4.78 is 0. The maximum Gasteiger partial charge on any atom is 0.167 e. The Kier molecular flexibility index (Phi) is 3.93. The second-order valence-corrected chi connectivity index (χ2v) is 5.13. The molecule has 1 aliphatic carbocycles. The first-order chi connectivity index (χ1) is 8.22. The van der Waals surface area contributed by atoms with Gasteiger partial charge in [-0.3, -0.25) is 9.78 Å². The Hall–Kier alpha value is -1.18. The fourth-order valence-electron chi connectivity index (χ4n) is 2.80. The van der Waals surface area contributed by atoms with Crippen LogP contribution in [0.4, 0.5) is 0 Å². The fraction of sp³-hybridized carbons (Fsp3) is 0.600. The molecular weight excluding hydrogens is 210 g/mol. The molecule has 2 nitrogen and oxygen atoms in total. The summed E-state index contributed by atoms with van der Waals surface area (Å²) in [6, 6.07) is 3.77. The quantitative estimate of drug-likeness (QED) is 0.741. The zero-order valence-electron chi connectivity index (χ0n) is 10.8. The van der Waals surface area contributed by atoms with Crippen molar-refractivity contribution in [3.63, 3.8) is 0 Å². The molecule has 0 saturated heterocycles. The van der Waals surface area contributed by atoms with Crippen LogP contribution in [-0.2, 0) is 0 Å². The van der Waals surface area contributed by atoms with E-state index >= 15 is 0 Å². The second kappa shape index (κ2) is 5.44. The van der Waals surface area contributed by atoms with E-state index < -0.39 is 0 Å². The molecule has 1 aromatic rings. The molecule has 2 heteroatoms. The molecule has 2 rings (SSSR count). The monoisotopic (exact) mass is 231 g/mol. The lowest BCUT2D eigenvalue weighted by Crippen LogP contribution is -2.22. The molecule has 1 aromatic heterocycles. The number of Topliss-reactive ketones (excluding diaryl/α,β-unsaturated/α-hetero) is 1. The molecule has 0 aromatic carbocycles. The summed E-state index contributed by atoms with van der Waals surface area (Å²) in [7, 11) is 0. The first-order valence-corrected chi connectivity index (χ1v) is 6.68. The highest BCUT2D eigenvalue weighted by atomic mass is 16.1. The van der Waals surface area contributed by atoms with E-state index in [1.807, 2.05) is 19.1 Å². The van der Waals surface area contributed by atoms with E-state index in [0.717, 1.165) is 30.0 Å². The molecule has 0 amide bonds. The lowest BCUT2D eigenvalue weighted by molar-refractivity contribution is 0.0870. The number of hydrogen-bond donors (Lipinski definition) is 0. The lowest BCUT2D eigenvalue weighted by atomic mass is 9.77. The second-order valence-electron chi connectivity index (χ2n) is 5.13. The molecule has 1 saturated carbocycles. The average Bonchev–Trinajstić information content (AvgIpc) is 2.39. The van der Waals surface area contributed by atoms with Gasteiger partial charge in [-0.15, -0.1) is 0 Å².